The van der Waals surface area contributed by atoms with Crippen LogP contribution in [0, 0.1) is 5.92 Å². The molecule has 1 unspecified atom stereocenters. The maximum absolute atomic E-state index is 9.59. The van der Waals surface area contributed by atoms with E-state index in [9.17, 15) is 5.11 Å². The van der Waals surface area contributed by atoms with Crippen molar-refractivity contribution >= 4 is 11.8 Å². The molecule has 0 radical (unpaired) electrons. The second kappa shape index (κ2) is 5.89. The molecular formula is C10H21NOS. The van der Waals surface area contributed by atoms with E-state index in [1.807, 2.05) is 11.8 Å². The van der Waals surface area contributed by atoms with E-state index in [2.05, 4.69) is 19.2 Å². The Morgan fingerprint density at radius 3 is 2.54 bits per heavy atom. The number of hydrogen-bond donors (Lipinski definition) is 2. The van der Waals surface area contributed by atoms with Crippen molar-refractivity contribution in [2.24, 2.45) is 5.92 Å². The number of hydrogen-bond acceptors (Lipinski definition) is 3. The van der Waals surface area contributed by atoms with E-state index in [4.69, 9.17) is 0 Å². The molecule has 3 heteroatoms. The molecule has 1 aliphatic rings. The van der Waals surface area contributed by atoms with Gasteiger partial charge in [-0.05, 0) is 30.3 Å². The van der Waals surface area contributed by atoms with Gasteiger partial charge < -0.3 is 10.4 Å². The van der Waals surface area contributed by atoms with Gasteiger partial charge >= 0.3 is 0 Å². The average molecular weight is 203 g/mol. The Morgan fingerprint density at radius 2 is 2.00 bits per heavy atom. The molecule has 2 nitrogen and oxygen atoms in total. The second-order valence-corrected chi connectivity index (χ2v) is 5.33. The van der Waals surface area contributed by atoms with Crippen LogP contribution in [0.3, 0.4) is 0 Å². The van der Waals surface area contributed by atoms with E-state index < -0.39 is 0 Å². The maximum atomic E-state index is 9.59. The maximum Gasteiger partial charge on any atom is 0.0687 e. The molecule has 1 heterocycles. The average Bonchev–Trinajstić information content (AvgIpc) is 2.15. The van der Waals surface area contributed by atoms with Crippen molar-refractivity contribution in [1.82, 2.24) is 5.32 Å². The molecule has 0 aromatic carbocycles. The smallest absolute Gasteiger partial charge is 0.0687 e. The van der Waals surface area contributed by atoms with Gasteiger partial charge in [-0.3, -0.25) is 0 Å². The van der Waals surface area contributed by atoms with Gasteiger partial charge in [-0.25, -0.2) is 0 Å². The summed E-state index contributed by atoms with van der Waals surface area (Å²) in [6, 6.07) is 0.648. The SMILES string of the molecule is CC(C)C(O)CNC1CCSCC1. The van der Waals surface area contributed by atoms with Gasteiger partial charge in [0.2, 0.25) is 0 Å². The Kier molecular flexibility index (Phi) is 5.14. The van der Waals surface area contributed by atoms with Gasteiger partial charge in [0.25, 0.3) is 0 Å². The quantitative estimate of drug-likeness (QED) is 0.726. The lowest BCUT2D eigenvalue weighted by Gasteiger charge is -2.25. The van der Waals surface area contributed by atoms with Crippen LogP contribution in [0.5, 0.6) is 0 Å². The van der Waals surface area contributed by atoms with Crippen molar-refractivity contribution in [3.05, 3.63) is 0 Å². The molecule has 0 aromatic heterocycles. The van der Waals surface area contributed by atoms with Crippen molar-refractivity contribution in [2.75, 3.05) is 18.1 Å². The fraction of sp³-hybridized carbons (Fsp3) is 1.00. The van der Waals surface area contributed by atoms with E-state index in [1.54, 1.807) is 0 Å². The summed E-state index contributed by atoms with van der Waals surface area (Å²) in [5, 5.41) is 13.0. The fourth-order valence-corrected chi connectivity index (χ4v) is 2.53. The number of aliphatic hydroxyl groups excluding tert-OH is 1. The monoisotopic (exact) mass is 203 g/mol. The van der Waals surface area contributed by atoms with Gasteiger partial charge in [0, 0.05) is 12.6 Å². The van der Waals surface area contributed by atoms with Crippen LogP contribution in [0.25, 0.3) is 0 Å². The van der Waals surface area contributed by atoms with Crippen molar-refractivity contribution in [3.63, 3.8) is 0 Å². The number of thioether (sulfide) groups is 1. The standard InChI is InChI=1S/C10H21NOS/c1-8(2)10(12)7-11-9-3-5-13-6-4-9/h8-12H,3-7H2,1-2H3. The summed E-state index contributed by atoms with van der Waals surface area (Å²) < 4.78 is 0. The van der Waals surface area contributed by atoms with Gasteiger partial charge in [-0.1, -0.05) is 13.8 Å². The largest absolute Gasteiger partial charge is 0.392 e. The summed E-state index contributed by atoms with van der Waals surface area (Å²) in [7, 11) is 0. The van der Waals surface area contributed by atoms with E-state index in [-0.39, 0.29) is 6.10 Å². The highest BCUT2D eigenvalue weighted by atomic mass is 32.2. The van der Waals surface area contributed by atoms with Gasteiger partial charge in [-0.15, -0.1) is 0 Å². The summed E-state index contributed by atoms with van der Waals surface area (Å²) in [4.78, 5) is 0. The van der Waals surface area contributed by atoms with E-state index >= 15 is 0 Å². The second-order valence-electron chi connectivity index (χ2n) is 4.11. The lowest BCUT2D eigenvalue weighted by Crippen LogP contribution is -2.39. The third kappa shape index (κ3) is 4.34. The topological polar surface area (TPSA) is 32.3 Å². The minimum Gasteiger partial charge on any atom is -0.392 e. The highest BCUT2D eigenvalue weighted by Gasteiger charge is 2.15. The van der Waals surface area contributed by atoms with Crippen LogP contribution in [0.1, 0.15) is 26.7 Å². The third-order valence-electron chi connectivity index (χ3n) is 2.61. The normalized spacial score (nSPS) is 22.2. The Bertz CT molecular complexity index is 135. The molecule has 0 aliphatic carbocycles. The van der Waals surface area contributed by atoms with Crippen LogP contribution >= 0.6 is 11.8 Å². The Hall–Kier alpha value is 0.270. The minimum absolute atomic E-state index is 0.186. The molecule has 2 N–H and O–H groups in total. The molecule has 0 saturated carbocycles. The van der Waals surface area contributed by atoms with Crippen molar-refractivity contribution < 1.29 is 5.11 Å². The molecule has 0 amide bonds. The fourth-order valence-electron chi connectivity index (χ4n) is 1.42. The zero-order valence-electron chi connectivity index (χ0n) is 8.62. The molecule has 13 heavy (non-hydrogen) atoms. The van der Waals surface area contributed by atoms with E-state index in [0.29, 0.717) is 12.0 Å². The Labute approximate surface area is 85.5 Å². The zero-order valence-corrected chi connectivity index (χ0v) is 9.44. The van der Waals surface area contributed by atoms with Crippen molar-refractivity contribution in [2.45, 2.75) is 38.8 Å². The van der Waals surface area contributed by atoms with Gasteiger partial charge in [0.15, 0.2) is 0 Å². The molecular weight excluding hydrogens is 182 g/mol. The highest BCUT2D eigenvalue weighted by Crippen LogP contribution is 2.16. The summed E-state index contributed by atoms with van der Waals surface area (Å²) in [5.41, 5.74) is 0. The van der Waals surface area contributed by atoms with Crippen LogP contribution in [-0.2, 0) is 0 Å². The first-order valence-corrected chi connectivity index (χ1v) is 6.35. The predicted octanol–water partition coefficient (Wildman–Crippen LogP) is 1.49. The summed E-state index contributed by atoms with van der Waals surface area (Å²) >= 11 is 2.04. The molecule has 78 valence electrons. The lowest BCUT2D eigenvalue weighted by atomic mass is 10.1. The molecule has 1 saturated heterocycles. The summed E-state index contributed by atoms with van der Waals surface area (Å²) in [6.45, 7) is 4.87. The molecule has 0 bridgehead atoms. The van der Waals surface area contributed by atoms with Crippen molar-refractivity contribution in [1.29, 1.82) is 0 Å². The first-order chi connectivity index (χ1) is 6.20. The molecule has 1 aliphatic heterocycles. The molecule has 1 rings (SSSR count). The van der Waals surface area contributed by atoms with Gasteiger partial charge in [0.1, 0.15) is 0 Å². The van der Waals surface area contributed by atoms with E-state index in [0.717, 1.165) is 6.54 Å². The third-order valence-corrected chi connectivity index (χ3v) is 3.66. The molecule has 0 spiro atoms. The molecule has 0 aromatic rings. The van der Waals surface area contributed by atoms with Crippen molar-refractivity contribution in [3.8, 4) is 0 Å². The first kappa shape index (κ1) is 11.3. The minimum atomic E-state index is -0.186. The lowest BCUT2D eigenvalue weighted by molar-refractivity contribution is 0.119. The van der Waals surface area contributed by atoms with Crippen LogP contribution < -0.4 is 5.32 Å². The Balaban J connectivity index is 2.10. The predicted molar refractivity (Wildman–Crippen MR) is 59.2 cm³/mol. The summed E-state index contributed by atoms with van der Waals surface area (Å²) in [5.74, 6) is 2.91. The Morgan fingerprint density at radius 1 is 1.38 bits per heavy atom. The van der Waals surface area contributed by atoms with Crippen LogP contribution in [0.15, 0.2) is 0 Å². The molecule has 1 fully saturated rings. The first-order valence-electron chi connectivity index (χ1n) is 5.19. The van der Waals surface area contributed by atoms with Crippen LogP contribution in [0.4, 0.5) is 0 Å². The summed E-state index contributed by atoms with van der Waals surface area (Å²) in [6.07, 6.45) is 2.33. The van der Waals surface area contributed by atoms with Gasteiger partial charge in [0.05, 0.1) is 6.10 Å². The number of nitrogens with one attached hydrogen (secondary N) is 1. The molecule has 1 atom stereocenters. The number of rotatable bonds is 4. The van der Waals surface area contributed by atoms with Gasteiger partial charge in [-0.2, -0.15) is 11.8 Å². The number of aliphatic hydroxyl groups is 1. The van der Waals surface area contributed by atoms with E-state index in [1.165, 1.54) is 24.3 Å². The van der Waals surface area contributed by atoms with Crippen LogP contribution in [-0.4, -0.2) is 35.3 Å². The van der Waals surface area contributed by atoms with Crippen LogP contribution in [0.2, 0.25) is 0 Å². The zero-order chi connectivity index (χ0) is 9.68. The highest BCUT2D eigenvalue weighted by molar-refractivity contribution is 7.99.